The highest BCUT2D eigenvalue weighted by atomic mass is 127. The Bertz CT molecular complexity index is 304. The van der Waals surface area contributed by atoms with Crippen molar-refractivity contribution in [1.29, 1.82) is 0 Å². The van der Waals surface area contributed by atoms with Crippen LogP contribution >= 0.6 is 22.6 Å². The van der Waals surface area contributed by atoms with Gasteiger partial charge in [-0.15, -0.1) is 0 Å². The molecule has 1 N–H and O–H groups in total. The lowest BCUT2D eigenvalue weighted by atomic mass is 10.1. The van der Waals surface area contributed by atoms with Crippen LogP contribution in [0.3, 0.4) is 0 Å². The molecule has 1 saturated heterocycles. The first-order chi connectivity index (χ1) is 7.25. The van der Waals surface area contributed by atoms with E-state index in [1.807, 2.05) is 6.07 Å². The molecular weight excluding hydrogens is 301 g/mol. The molecule has 0 bridgehead atoms. The van der Waals surface area contributed by atoms with Gasteiger partial charge in [-0.05, 0) is 12.0 Å². The van der Waals surface area contributed by atoms with Crippen molar-refractivity contribution < 1.29 is 5.11 Å². The van der Waals surface area contributed by atoms with Gasteiger partial charge in [0.1, 0.15) is 0 Å². The Morgan fingerprint density at radius 3 is 2.73 bits per heavy atom. The molecule has 0 aliphatic carbocycles. The van der Waals surface area contributed by atoms with Crippen molar-refractivity contribution in [2.45, 2.75) is 23.0 Å². The molecule has 2 nitrogen and oxygen atoms in total. The lowest BCUT2D eigenvalue weighted by Gasteiger charge is -2.33. The van der Waals surface area contributed by atoms with Crippen LogP contribution < -0.4 is 0 Å². The van der Waals surface area contributed by atoms with E-state index in [0.29, 0.717) is 3.92 Å². The van der Waals surface area contributed by atoms with Crippen LogP contribution in [0.15, 0.2) is 30.3 Å². The second-order valence-corrected chi connectivity index (χ2v) is 5.69. The summed E-state index contributed by atoms with van der Waals surface area (Å²) in [5.74, 6) is 0. The van der Waals surface area contributed by atoms with Crippen LogP contribution in [0.2, 0.25) is 0 Å². The predicted molar refractivity (Wildman–Crippen MR) is 70.2 cm³/mol. The fraction of sp³-hybridized carbons (Fsp3) is 0.500. The minimum Gasteiger partial charge on any atom is -0.392 e. The number of aliphatic hydroxyl groups is 1. The van der Waals surface area contributed by atoms with E-state index in [2.05, 4.69) is 51.8 Å². The summed E-state index contributed by atoms with van der Waals surface area (Å²) in [6.07, 6.45) is 0.790. The highest BCUT2D eigenvalue weighted by molar-refractivity contribution is 14.1. The zero-order valence-corrected chi connectivity index (χ0v) is 10.8. The lowest BCUT2D eigenvalue weighted by molar-refractivity contribution is 0.0908. The lowest BCUT2D eigenvalue weighted by Crippen LogP contribution is -2.43. The molecule has 2 atom stereocenters. The Hall–Kier alpha value is -0.130. The summed E-state index contributed by atoms with van der Waals surface area (Å²) in [5, 5.41) is 9.63. The van der Waals surface area contributed by atoms with Gasteiger partial charge in [-0.25, -0.2) is 0 Å². The molecule has 0 aromatic heterocycles. The molecule has 1 aromatic carbocycles. The molecule has 0 unspecified atom stereocenters. The fourth-order valence-electron chi connectivity index (χ4n) is 1.94. The average molecular weight is 317 g/mol. The Morgan fingerprint density at radius 1 is 1.33 bits per heavy atom. The molecule has 1 aliphatic heterocycles. The average Bonchev–Trinajstić information content (AvgIpc) is 2.25. The zero-order chi connectivity index (χ0) is 10.7. The molecule has 0 radical (unpaired) electrons. The highest BCUT2D eigenvalue weighted by Gasteiger charge is 2.25. The number of alkyl halides is 1. The van der Waals surface area contributed by atoms with Gasteiger partial charge in [0.15, 0.2) is 0 Å². The van der Waals surface area contributed by atoms with Crippen molar-refractivity contribution >= 4 is 22.6 Å². The summed E-state index contributed by atoms with van der Waals surface area (Å²) in [5.41, 5.74) is 1.36. The van der Waals surface area contributed by atoms with Gasteiger partial charge in [0.2, 0.25) is 0 Å². The maximum Gasteiger partial charge on any atom is 0.0682 e. The molecule has 0 amide bonds. The molecule has 82 valence electrons. The summed E-state index contributed by atoms with van der Waals surface area (Å²) in [6, 6.07) is 10.5. The molecule has 0 saturated carbocycles. The maximum atomic E-state index is 9.63. The molecule has 1 fully saturated rings. The van der Waals surface area contributed by atoms with E-state index in [0.717, 1.165) is 26.1 Å². The van der Waals surface area contributed by atoms with Crippen LogP contribution in [0.25, 0.3) is 0 Å². The quantitative estimate of drug-likeness (QED) is 0.667. The van der Waals surface area contributed by atoms with Crippen molar-refractivity contribution in [2.75, 3.05) is 13.1 Å². The number of nitrogens with zero attached hydrogens (tertiary/aromatic N) is 1. The van der Waals surface area contributed by atoms with Crippen molar-refractivity contribution in [3.63, 3.8) is 0 Å². The van der Waals surface area contributed by atoms with E-state index in [4.69, 9.17) is 0 Å². The highest BCUT2D eigenvalue weighted by Crippen LogP contribution is 2.19. The number of likely N-dealkylation sites (tertiary alicyclic amines) is 1. The molecule has 2 rings (SSSR count). The Kier molecular flexibility index (Phi) is 3.99. The van der Waals surface area contributed by atoms with Gasteiger partial charge in [-0.2, -0.15) is 0 Å². The van der Waals surface area contributed by atoms with Crippen molar-refractivity contribution in [2.24, 2.45) is 0 Å². The predicted octanol–water partition coefficient (Wildman–Crippen LogP) is 2.06. The largest absolute Gasteiger partial charge is 0.392 e. The van der Waals surface area contributed by atoms with Gasteiger partial charge >= 0.3 is 0 Å². The summed E-state index contributed by atoms with van der Waals surface area (Å²) in [6.45, 7) is 3.01. The first kappa shape index (κ1) is 11.4. The summed E-state index contributed by atoms with van der Waals surface area (Å²) in [7, 11) is 0. The number of halogens is 1. The molecule has 1 aromatic rings. The summed E-state index contributed by atoms with van der Waals surface area (Å²) >= 11 is 2.35. The first-order valence-corrected chi connectivity index (χ1v) is 6.58. The number of hydrogen-bond acceptors (Lipinski definition) is 2. The summed E-state index contributed by atoms with van der Waals surface area (Å²) < 4.78 is 0.375. The molecule has 15 heavy (non-hydrogen) atoms. The van der Waals surface area contributed by atoms with E-state index in [1.54, 1.807) is 0 Å². The second kappa shape index (κ2) is 5.27. The minimum atomic E-state index is -0.113. The summed E-state index contributed by atoms with van der Waals surface area (Å²) in [4.78, 5) is 2.42. The van der Waals surface area contributed by atoms with Crippen LogP contribution in [0.4, 0.5) is 0 Å². The smallest absolute Gasteiger partial charge is 0.0682 e. The molecular formula is C12H16INO. The van der Waals surface area contributed by atoms with Gasteiger partial charge < -0.3 is 5.11 Å². The van der Waals surface area contributed by atoms with Crippen LogP contribution in [-0.4, -0.2) is 33.1 Å². The second-order valence-electron chi connectivity index (χ2n) is 4.09. The zero-order valence-electron chi connectivity index (χ0n) is 8.64. The fourth-order valence-corrected chi connectivity index (χ4v) is 2.86. The molecule has 1 aliphatic rings. The van der Waals surface area contributed by atoms with E-state index in [-0.39, 0.29) is 6.10 Å². The van der Waals surface area contributed by atoms with E-state index in [9.17, 15) is 5.11 Å². The third-order valence-corrected chi connectivity index (χ3v) is 4.06. The number of benzene rings is 1. The third kappa shape index (κ3) is 3.16. The SMILES string of the molecule is O[C@H]1CCN(Cc2ccccc2)C[C@H]1I. The normalized spacial score (nSPS) is 27.9. The number of piperidine rings is 1. The van der Waals surface area contributed by atoms with Crippen molar-refractivity contribution in [1.82, 2.24) is 4.90 Å². The maximum absolute atomic E-state index is 9.63. The van der Waals surface area contributed by atoms with Gasteiger partial charge in [0, 0.05) is 23.6 Å². The van der Waals surface area contributed by atoms with Crippen LogP contribution in [-0.2, 0) is 6.54 Å². The van der Waals surface area contributed by atoms with E-state index in [1.165, 1.54) is 5.56 Å². The Balaban J connectivity index is 1.91. The third-order valence-electron chi connectivity index (χ3n) is 2.84. The molecule has 0 spiro atoms. The van der Waals surface area contributed by atoms with Crippen molar-refractivity contribution in [3.05, 3.63) is 35.9 Å². The van der Waals surface area contributed by atoms with E-state index >= 15 is 0 Å². The number of hydrogen-bond donors (Lipinski definition) is 1. The topological polar surface area (TPSA) is 23.5 Å². The number of aliphatic hydroxyl groups excluding tert-OH is 1. The number of rotatable bonds is 2. The standard InChI is InChI=1S/C12H16INO/c13-11-9-14(7-6-12(11)15)8-10-4-2-1-3-5-10/h1-5,11-12,15H,6-9H2/t11-,12+/m1/s1. The Labute approximate surface area is 104 Å². The molecule has 1 heterocycles. The van der Waals surface area contributed by atoms with Crippen LogP contribution in [0, 0.1) is 0 Å². The van der Waals surface area contributed by atoms with Gasteiger partial charge in [0.25, 0.3) is 0 Å². The van der Waals surface area contributed by atoms with E-state index < -0.39 is 0 Å². The Morgan fingerprint density at radius 2 is 2.07 bits per heavy atom. The molecule has 3 heteroatoms. The monoisotopic (exact) mass is 317 g/mol. The van der Waals surface area contributed by atoms with Gasteiger partial charge in [-0.3, -0.25) is 4.90 Å². The first-order valence-electron chi connectivity index (χ1n) is 5.34. The van der Waals surface area contributed by atoms with Gasteiger partial charge in [-0.1, -0.05) is 52.9 Å². The van der Waals surface area contributed by atoms with Crippen molar-refractivity contribution in [3.8, 4) is 0 Å². The van der Waals surface area contributed by atoms with Crippen LogP contribution in [0.1, 0.15) is 12.0 Å². The van der Waals surface area contributed by atoms with Gasteiger partial charge in [0.05, 0.1) is 6.10 Å². The minimum absolute atomic E-state index is 0.113. The van der Waals surface area contributed by atoms with Crippen LogP contribution in [0.5, 0.6) is 0 Å².